The maximum atomic E-state index is 3.86. The fourth-order valence-corrected chi connectivity index (χ4v) is 11.0. The minimum absolute atomic E-state index is 0.175. The molecule has 2 heteroatoms. The lowest BCUT2D eigenvalue weighted by molar-refractivity contribution is 0.662. The van der Waals surface area contributed by atoms with Crippen LogP contribution < -0.4 is 5.32 Å². The lowest BCUT2D eigenvalue weighted by Crippen LogP contribution is -2.17. The molecule has 1 heterocycles. The zero-order chi connectivity index (χ0) is 46.6. The molecule has 12 rings (SSSR count). The second-order valence-electron chi connectivity index (χ2n) is 19.4. The summed E-state index contributed by atoms with van der Waals surface area (Å²) in [5.41, 5.74) is 24.5. The van der Waals surface area contributed by atoms with E-state index in [1.807, 2.05) is 0 Å². The quantitative estimate of drug-likeness (QED) is 0.145. The van der Waals surface area contributed by atoms with E-state index in [1.54, 1.807) is 0 Å². The number of aromatic nitrogens is 1. The molecule has 332 valence electrons. The van der Waals surface area contributed by atoms with E-state index < -0.39 is 0 Å². The van der Waals surface area contributed by atoms with Gasteiger partial charge in [0.2, 0.25) is 0 Å². The van der Waals surface area contributed by atoms with Crippen molar-refractivity contribution in [2.45, 2.75) is 45.4 Å². The topological polar surface area (TPSA) is 17.0 Å². The molecule has 69 heavy (non-hydrogen) atoms. The first kappa shape index (κ1) is 42.2. The summed E-state index contributed by atoms with van der Waals surface area (Å²) < 4.78 is 2.41. The fourth-order valence-electron chi connectivity index (χ4n) is 11.0. The van der Waals surface area contributed by atoms with Crippen molar-refractivity contribution < 1.29 is 0 Å². The second kappa shape index (κ2) is 17.1. The number of hydrogen-bond donors (Lipinski definition) is 1. The van der Waals surface area contributed by atoms with Crippen LogP contribution in [-0.4, -0.2) is 4.57 Å². The molecule has 0 bridgehead atoms. The Labute approximate surface area is 406 Å². The summed E-state index contributed by atoms with van der Waals surface area (Å²) in [5, 5.41) is 6.36. The van der Waals surface area contributed by atoms with Crippen molar-refractivity contribution in [3.05, 3.63) is 247 Å². The molecule has 0 fully saturated rings. The van der Waals surface area contributed by atoms with Gasteiger partial charge >= 0.3 is 0 Å². The molecule has 0 radical (unpaired) electrons. The van der Waals surface area contributed by atoms with Gasteiger partial charge in [-0.25, -0.2) is 0 Å². The summed E-state index contributed by atoms with van der Waals surface area (Å²) in [6.45, 7) is 9.31. The third-order valence-electron chi connectivity index (χ3n) is 14.9. The highest BCUT2D eigenvalue weighted by molar-refractivity contribution is 6.11. The van der Waals surface area contributed by atoms with Gasteiger partial charge in [-0.1, -0.05) is 204 Å². The highest BCUT2D eigenvalue weighted by atomic mass is 15.0. The van der Waals surface area contributed by atoms with E-state index in [4.69, 9.17) is 0 Å². The molecule has 1 atom stereocenters. The summed E-state index contributed by atoms with van der Waals surface area (Å²) in [6, 6.07) is 85.0. The summed E-state index contributed by atoms with van der Waals surface area (Å²) in [7, 11) is 0. The molecule has 1 unspecified atom stereocenters. The average Bonchev–Trinajstić information content (AvgIpc) is 3.86. The Bertz CT molecular complexity index is 3650. The van der Waals surface area contributed by atoms with Gasteiger partial charge in [-0.2, -0.15) is 0 Å². The van der Waals surface area contributed by atoms with Gasteiger partial charge in [0.15, 0.2) is 0 Å². The number of nitrogens with zero attached hydrogens (tertiary/aromatic N) is 1. The molecular weight excluding hydrogens is 833 g/mol. The van der Waals surface area contributed by atoms with Crippen LogP contribution in [0, 0.1) is 0 Å². The fraction of sp³-hybridized carbons (Fsp3) is 0.104. The predicted molar refractivity (Wildman–Crippen MR) is 294 cm³/mol. The highest BCUT2D eigenvalue weighted by Gasteiger charge is 2.38. The second-order valence-corrected chi connectivity index (χ2v) is 19.4. The number of rotatable bonds is 10. The summed E-state index contributed by atoms with van der Waals surface area (Å²) in [5.74, 6) is 0.554. The molecule has 1 N–H and O–H groups in total. The molecule has 0 spiro atoms. The number of anilines is 2. The molecule has 0 amide bonds. The smallest absolute Gasteiger partial charge is 0.0541 e. The molecule has 1 aromatic heterocycles. The van der Waals surface area contributed by atoms with E-state index in [9.17, 15) is 0 Å². The lowest BCUT2D eigenvalue weighted by Gasteiger charge is -2.27. The highest BCUT2D eigenvalue weighted by Crippen LogP contribution is 2.54. The van der Waals surface area contributed by atoms with Crippen LogP contribution >= 0.6 is 0 Å². The van der Waals surface area contributed by atoms with Crippen molar-refractivity contribution in [1.29, 1.82) is 0 Å². The van der Waals surface area contributed by atoms with Gasteiger partial charge in [0, 0.05) is 38.8 Å². The van der Waals surface area contributed by atoms with Crippen LogP contribution in [0.25, 0.3) is 94.3 Å². The SMILES string of the molecule is CCC(C)c1ccc(-c2ccc3c(c2)c2cc(-c4ccc(-c5ccc(-c6c(Nc7ccc(-c8ccccc8)cc7)ccc7c6C(C)(C)c6ccccc6-7)cc5)cc4)ccc2n3-c2ccccc2)cc1. The molecule has 1 aliphatic rings. The van der Waals surface area contributed by atoms with Crippen molar-refractivity contribution in [3.8, 4) is 72.4 Å². The van der Waals surface area contributed by atoms with Gasteiger partial charge in [-0.3, -0.25) is 0 Å². The zero-order valence-corrected chi connectivity index (χ0v) is 39.7. The Morgan fingerprint density at radius 1 is 0.435 bits per heavy atom. The first-order chi connectivity index (χ1) is 33.8. The van der Waals surface area contributed by atoms with Gasteiger partial charge in [-0.05, 0) is 145 Å². The van der Waals surface area contributed by atoms with E-state index in [-0.39, 0.29) is 5.41 Å². The molecule has 10 aromatic carbocycles. The Morgan fingerprint density at radius 2 is 0.899 bits per heavy atom. The van der Waals surface area contributed by atoms with Crippen LogP contribution in [0.15, 0.2) is 231 Å². The normalized spacial score (nSPS) is 13.0. The van der Waals surface area contributed by atoms with Gasteiger partial charge in [0.1, 0.15) is 0 Å². The van der Waals surface area contributed by atoms with Crippen LogP contribution in [0.4, 0.5) is 11.4 Å². The number of benzene rings is 10. The van der Waals surface area contributed by atoms with Crippen LogP contribution in [0.3, 0.4) is 0 Å². The molecule has 1 aliphatic carbocycles. The van der Waals surface area contributed by atoms with Gasteiger partial charge in [-0.15, -0.1) is 0 Å². The van der Waals surface area contributed by atoms with Crippen LogP contribution in [0.1, 0.15) is 56.7 Å². The van der Waals surface area contributed by atoms with Gasteiger partial charge in [0.05, 0.1) is 11.0 Å². The molecule has 0 aliphatic heterocycles. The Hall–Kier alpha value is -8.20. The largest absolute Gasteiger partial charge is 0.355 e. The first-order valence-electron chi connectivity index (χ1n) is 24.5. The minimum Gasteiger partial charge on any atom is -0.355 e. The van der Waals surface area contributed by atoms with E-state index in [0.717, 1.165) is 23.5 Å². The maximum absolute atomic E-state index is 3.86. The van der Waals surface area contributed by atoms with Crippen molar-refractivity contribution in [2.24, 2.45) is 0 Å². The minimum atomic E-state index is -0.175. The lowest BCUT2D eigenvalue weighted by atomic mass is 9.78. The van der Waals surface area contributed by atoms with E-state index in [2.05, 4.69) is 268 Å². The van der Waals surface area contributed by atoms with Crippen molar-refractivity contribution >= 4 is 33.2 Å². The third-order valence-corrected chi connectivity index (χ3v) is 14.9. The van der Waals surface area contributed by atoms with Crippen molar-refractivity contribution in [3.63, 3.8) is 0 Å². The Morgan fingerprint density at radius 3 is 1.48 bits per heavy atom. The summed E-state index contributed by atoms with van der Waals surface area (Å²) in [6.07, 6.45) is 1.14. The monoisotopic (exact) mass is 886 g/mol. The molecular formula is C67H54N2. The Kier molecular flexibility index (Phi) is 10.5. The zero-order valence-electron chi connectivity index (χ0n) is 39.7. The number of fused-ring (bicyclic) bond motifs is 6. The van der Waals surface area contributed by atoms with Crippen LogP contribution in [0.5, 0.6) is 0 Å². The van der Waals surface area contributed by atoms with Crippen molar-refractivity contribution in [2.75, 3.05) is 5.32 Å². The van der Waals surface area contributed by atoms with Gasteiger partial charge in [0.25, 0.3) is 0 Å². The van der Waals surface area contributed by atoms with Crippen molar-refractivity contribution in [1.82, 2.24) is 4.57 Å². The summed E-state index contributed by atoms with van der Waals surface area (Å²) >= 11 is 0. The molecule has 0 saturated heterocycles. The van der Waals surface area contributed by atoms with Crippen LogP contribution in [-0.2, 0) is 5.41 Å². The number of nitrogens with one attached hydrogen (secondary N) is 1. The maximum Gasteiger partial charge on any atom is 0.0541 e. The van der Waals surface area contributed by atoms with E-state index in [0.29, 0.717) is 5.92 Å². The predicted octanol–water partition coefficient (Wildman–Crippen LogP) is 18.7. The van der Waals surface area contributed by atoms with E-state index >= 15 is 0 Å². The molecule has 11 aromatic rings. The number of hydrogen-bond acceptors (Lipinski definition) is 1. The summed E-state index contributed by atoms with van der Waals surface area (Å²) in [4.78, 5) is 0. The standard InChI is InChI=1S/C67H54N2/c1-5-44(2)45-20-22-50(23-21-45)53-34-40-63-59(42-53)60-43-54(35-41-64(60)69(63)56-16-10-7-11-17-56)51-26-24-47(25-27-51)48-28-30-52(31-29-48)65-62(68-55-36-32-49(33-37-55)46-14-8-6-9-15-46)39-38-58-57-18-12-13-19-61(57)67(3,4)66(58)65/h6-44,68H,5H2,1-4H3. The first-order valence-corrected chi connectivity index (χ1v) is 24.5. The number of para-hydroxylation sites is 1. The van der Waals surface area contributed by atoms with E-state index in [1.165, 1.54) is 105 Å². The Balaban J connectivity index is 0.882. The third kappa shape index (κ3) is 7.45. The molecule has 2 nitrogen and oxygen atoms in total. The average molecular weight is 887 g/mol. The van der Waals surface area contributed by atoms with Gasteiger partial charge < -0.3 is 9.88 Å². The van der Waals surface area contributed by atoms with Crippen LogP contribution in [0.2, 0.25) is 0 Å². The molecule has 0 saturated carbocycles.